The van der Waals surface area contributed by atoms with E-state index in [4.69, 9.17) is 9.97 Å². The quantitative estimate of drug-likeness (QED) is 0.546. The summed E-state index contributed by atoms with van der Waals surface area (Å²) in [6.45, 7) is 7.53. The van der Waals surface area contributed by atoms with Gasteiger partial charge in [0.05, 0.1) is 11.2 Å². The third kappa shape index (κ3) is 3.58. The number of hydrogen-bond donors (Lipinski definition) is 0. The Bertz CT molecular complexity index is 1280. The van der Waals surface area contributed by atoms with Crippen LogP contribution >= 0.6 is 0 Å². The van der Waals surface area contributed by atoms with E-state index in [9.17, 15) is 4.79 Å². The summed E-state index contributed by atoms with van der Waals surface area (Å²) in [4.78, 5) is 27.4. The standard InChI is InChI=1S/C29H32N4O/c1-20-7-8-26-24(19-20)21(2)30-28(31-26)33-15-10-23(11-16-33)27(34)32-17-13-29(14-18-32)12-9-22-5-3-4-6-25(22)29/h3-9,12,19,23H,10-11,13-18H2,1-2H3. The van der Waals surface area contributed by atoms with Crippen molar-refractivity contribution in [3.63, 3.8) is 0 Å². The lowest BCUT2D eigenvalue weighted by atomic mass is 9.74. The highest BCUT2D eigenvalue weighted by atomic mass is 16.2. The van der Waals surface area contributed by atoms with Crippen LogP contribution in [0, 0.1) is 19.8 Å². The summed E-state index contributed by atoms with van der Waals surface area (Å²) in [6.07, 6.45) is 8.43. The van der Waals surface area contributed by atoms with Crippen LogP contribution in [-0.2, 0) is 10.2 Å². The maximum Gasteiger partial charge on any atom is 0.226 e. The highest BCUT2D eigenvalue weighted by molar-refractivity contribution is 5.83. The van der Waals surface area contributed by atoms with E-state index in [0.717, 1.165) is 74.4 Å². The number of carbonyl (C=O) groups excluding carboxylic acids is 1. The Kier molecular flexibility index (Phi) is 5.16. The van der Waals surface area contributed by atoms with Gasteiger partial charge in [-0.1, -0.05) is 48.0 Å². The van der Waals surface area contributed by atoms with Crippen LogP contribution in [0.15, 0.2) is 48.5 Å². The van der Waals surface area contributed by atoms with E-state index in [1.54, 1.807) is 0 Å². The molecular formula is C29H32N4O. The van der Waals surface area contributed by atoms with Crippen molar-refractivity contribution < 1.29 is 4.79 Å². The molecule has 3 aromatic rings. The second-order valence-electron chi connectivity index (χ2n) is 10.3. The van der Waals surface area contributed by atoms with Crippen molar-refractivity contribution in [1.29, 1.82) is 0 Å². The second-order valence-corrected chi connectivity index (χ2v) is 10.3. The minimum absolute atomic E-state index is 0.112. The molecule has 0 N–H and O–H groups in total. The third-order valence-corrected chi connectivity index (χ3v) is 8.20. The molecule has 0 radical (unpaired) electrons. The van der Waals surface area contributed by atoms with E-state index < -0.39 is 0 Å². The zero-order valence-corrected chi connectivity index (χ0v) is 20.1. The van der Waals surface area contributed by atoms with Gasteiger partial charge in [-0.2, -0.15) is 0 Å². The summed E-state index contributed by atoms with van der Waals surface area (Å²) < 4.78 is 0. The highest BCUT2D eigenvalue weighted by Gasteiger charge is 2.40. The number of likely N-dealkylation sites (tertiary alicyclic amines) is 1. The van der Waals surface area contributed by atoms with Gasteiger partial charge in [-0.15, -0.1) is 0 Å². The highest BCUT2D eigenvalue weighted by Crippen LogP contribution is 2.44. The van der Waals surface area contributed by atoms with E-state index in [-0.39, 0.29) is 11.3 Å². The molecule has 34 heavy (non-hydrogen) atoms. The van der Waals surface area contributed by atoms with Crippen LogP contribution in [0.3, 0.4) is 0 Å². The molecule has 174 valence electrons. The molecule has 2 fully saturated rings. The topological polar surface area (TPSA) is 49.3 Å². The lowest BCUT2D eigenvalue weighted by molar-refractivity contribution is -0.137. The fourth-order valence-electron chi connectivity index (χ4n) is 6.10. The van der Waals surface area contributed by atoms with Crippen molar-refractivity contribution >= 4 is 28.8 Å². The lowest BCUT2D eigenvalue weighted by Gasteiger charge is -2.41. The van der Waals surface area contributed by atoms with E-state index in [1.165, 1.54) is 16.7 Å². The summed E-state index contributed by atoms with van der Waals surface area (Å²) >= 11 is 0. The number of nitrogens with zero attached hydrogens (tertiary/aromatic N) is 4. The predicted molar refractivity (Wildman–Crippen MR) is 137 cm³/mol. The molecule has 1 spiro atoms. The van der Waals surface area contributed by atoms with Crippen molar-refractivity contribution in [2.24, 2.45) is 5.92 Å². The minimum atomic E-state index is 0.112. The van der Waals surface area contributed by atoms with Gasteiger partial charge >= 0.3 is 0 Å². The first-order chi connectivity index (χ1) is 16.5. The Hall–Kier alpha value is -3.21. The van der Waals surface area contributed by atoms with Crippen LogP contribution in [0.2, 0.25) is 0 Å². The number of benzene rings is 2. The van der Waals surface area contributed by atoms with Gasteiger partial charge < -0.3 is 9.80 Å². The number of anilines is 1. The van der Waals surface area contributed by atoms with E-state index in [2.05, 4.69) is 78.3 Å². The molecule has 0 saturated carbocycles. The number of piperidine rings is 2. The normalized spacial score (nSPS) is 19.7. The molecule has 5 nitrogen and oxygen atoms in total. The van der Waals surface area contributed by atoms with Crippen molar-refractivity contribution in [1.82, 2.24) is 14.9 Å². The molecule has 1 aromatic heterocycles. The Labute approximate surface area is 201 Å². The van der Waals surface area contributed by atoms with Gasteiger partial charge in [-0.05, 0) is 62.8 Å². The zero-order chi connectivity index (χ0) is 23.3. The number of allylic oxidation sites excluding steroid dienone is 1. The predicted octanol–water partition coefficient (Wildman–Crippen LogP) is 5.05. The number of fused-ring (bicyclic) bond motifs is 3. The summed E-state index contributed by atoms with van der Waals surface area (Å²) in [6, 6.07) is 15.1. The Morgan fingerprint density at radius 1 is 0.971 bits per heavy atom. The maximum atomic E-state index is 13.4. The van der Waals surface area contributed by atoms with Gasteiger partial charge in [-0.3, -0.25) is 4.79 Å². The van der Waals surface area contributed by atoms with Gasteiger partial charge in [0.15, 0.2) is 0 Å². The molecule has 1 amide bonds. The average Bonchev–Trinajstić information content (AvgIpc) is 3.22. The molecule has 3 aliphatic rings. The molecule has 5 heteroatoms. The van der Waals surface area contributed by atoms with Crippen molar-refractivity contribution in [3.8, 4) is 0 Å². The van der Waals surface area contributed by atoms with E-state index >= 15 is 0 Å². The zero-order valence-electron chi connectivity index (χ0n) is 20.1. The Morgan fingerprint density at radius 3 is 2.53 bits per heavy atom. The van der Waals surface area contributed by atoms with Crippen LogP contribution < -0.4 is 4.90 Å². The first kappa shape index (κ1) is 21.3. The molecule has 6 rings (SSSR count). The van der Waals surface area contributed by atoms with Crippen LogP contribution in [0.1, 0.15) is 48.1 Å². The monoisotopic (exact) mass is 452 g/mol. The summed E-state index contributed by atoms with van der Waals surface area (Å²) in [7, 11) is 0. The fraction of sp³-hybridized carbons (Fsp3) is 0.414. The van der Waals surface area contributed by atoms with Crippen LogP contribution in [-0.4, -0.2) is 47.0 Å². The second kappa shape index (κ2) is 8.23. The van der Waals surface area contributed by atoms with Gasteiger partial charge in [0.2, 0.25) is 11.9 Å². The Balaban J connectivity index is 1.09. The van der Waals surface area contributed by atoms with Gasteiger partial charge in [-0.25, -0.2) is 9.97 Å². The first-order valence-electron chi connectivity index (χ1n) is 12.6. The minimum Gasteiger partial charge on any atom is -0.342 e. The van der Waals surface area contributed by atoms with Crippen LogP contribution in [0.5, 0.6) is 0 Å². The molecule has 2 aliphatic heterocycles. The van der Waals surface area contributed by atoms with E-state index in [0.29, 0.717) is 5.91 Å². The molecule has 0 bridgehead atoms. The Morgan fingerprint density at radius 2 is 1.74 bits per heavy atom. The maximum absolute atomic E-state index is 13.4. The number of hydrogen-bond acceptors (Lipinski definition) is 4. The number of rotatable bonds is 2. The number of carbonyl (C=O) groups is 1. The van der Waals surface area contributed by atoms with Gasteiger partial charge in [0.25, 0.3) is 0 Å². The lowest BCUT2D eigenvalue weighted by Crippen LogP contribution is -2.48. The van der Waals surface area contributed by atoms with Crippen LogP contribution in [0.4, 0.5) is 5.95 Å². The van der Waals surface area contributed by atoms with Crippen molar-refractivity contribution in [3.05, 3.63) is 70.9 Å². The summed E-state index contributed by atoms with van der Waals surface area (Å²) in [5, 5.41) is 1.12. The van der Waals surface area contributed by atoms with Crippen LogP contribution in [0.25, 0.3) is 17.0 Å². The molecular weight excluding hydrogens is 420 g/mol. The van der Waals surface area contributed by atoms with Crippen molar-refractivity contribution in [2.45, 2.75) is 44.9 Å². The third-order valence-electron chi connectivity index (χ3n) is 8.20. The smallest absolute Gasteiger partial charge is 0.226 e. The SMILES string of the molecule is Cc1ccc2nc(N3CCC(C(=O)N4CCC5(C=Cc6ccccc65)CC4)CC3)nc(C)c2c1. The molecule has 0 unspecified atom stereocenters. The first-order valence-corrected chi connectivity index (χ1v) is 12.6. The molecule has 1 aliphatic carbocycles. The van der Waals surface area contributed by atoms with Crippen molar-refractivity contribution in [2.75, 3.05) is 31.1 Å². The number of amides is 1. The average molecular weight is 453 g/mol. The molecule has 0 atom stereocenters. The van der Waals surface area contributed by atoms with Gasteiger partial charge in [0, 0.05) is 42.9 Å². The summed E-state index contributed by atoms with van der Waals surface area (Å²) in [5.74, 6) is 1.25. The number of aromatic nitrogens is 2. The largest absolute Gasteiger partial charge is 0.342 e. The van der Waals surface area contributed by atoms with Gasteiger partial charge in [0.1, 0.15) is 0 Å². The van der Waals surface area contributed by atoms with E-state index in [1.807, 2.05) is 0 Å². The molecule has 2 saturated heterocycles. The molecule has 2 aromatic carbocycles. The summed E-state index contributed by atoms with van der Waals surface area (Å²) in [5.41, 5.74) is 6.15. The molecule has 3 heterocycles. The number of aryl methyl sites for hydroxylation is 2. The fourth-order valence-corrected chi connectivity index (χ4v) is 6.10.